The van der Waals surface area contributed by atoms with Crippen LogP contribution in [0.4, 0.5) is 0 Å². The molecule has 2 aromatic rings. The second kappa shape index (κ2) is 9.62. The van der Waals surface area contributed by atoms with E-state index in [1.54, 1.807) is 39.0 Å². The average molecular weight is 466 g/mol. The van der Waals surface area contributed by atoms with Crippen LogP contribution in [0.15, 0.2) is 45.3 Å². The topological polar surface area (TPSA) is 104 Å². The first kappa shape index (κ1) is 23.0. The molecule has 3 rings (SSSR count). The van der Waals surface area contributed by atoms with Gasteiger partial charge in [0.25, 0.3) is 0 Å². The lowest BCUT2D eigenvalue weighted by molar-refractivity contribution is -0.164. The molecule has 3 atom stereocenters. The van der Waals surface area contributed by atoms with Gasteiger partial charge >= 0.3 is 11.9 Å². The number of halogens is 2. The van der Waals surface area contributed by atoms with Gasteiger partial charge in [-0.05, 0) is 39.3 Å². The molecular formula is C21H21Cl2N3O5. The van der Waals surface area contributed by atoms with Crippen LogP contribution in [0.5, 0.6) is 0 Å². The van der Waals surface area contributed by atoms with E-state index in [-0.39, 0.29) is 23.1 Å². The van der Waals surface area contributed by atoms with Crippen LogP contribution in [0.3, 0.4) is 0 Å². The number of rotatable bonds is 6. The lowest BCUT2D eigenvalue weighted by atomic mass is 9.75. The molecule has 0 radical (unpaired) electrons. The number of ether oxygens (including phenoxy) is 2. The summed E-state index contributed by atoms with van der Waals surface area (Å²) in [6.07, 6.45) is 0.0997. The predicted molar refractivity (Wildman–Crippen MR) is 114 cm³/mol. The summed E-state index contributed by atoms with van der Waals surface area (Å²) in [4.78, 5) is 29.7. The molecule has 0 spiro atoms. The third kappa shape index (κ3) is 4.65. The quantitative estimate of drug-likeness (QED) is 0.578. The van der Waals surface area contributed by atoms with Crippen molar-refractivity contribution >= 4 is 40.9 Å². The number of carbonyl (C=O) groups excluding carboxylic acids is 2. The number of benzene rings is 1. The van der Waals surface area contributed by atoms with Gasteiger partial charge in [-0.3, -0.25) is 4.99 Å². The van der Waals surface area contributed by atoms with E-state index in [1.807, 2.05) is 0 Å². The largest absolute Gasteiger partial charge is 0.463 e. The third-order valence-corrected chi connectivity index (χ3v) is 5.74. The zero-order valence-electron chi connectivity index (χ0n) is 17.4. The van der Waals surface area contributed by atoms with E-state index in [9.17, 15) is 9.59 Å². The molecule has 1 aliphatic heterocycles. The molecule has 0 amide bonds. The Balaban J connectivity index is 2.11. The number of hydrogen-bond donors (Lipinski definition) is 0. The molecule has 1 aromatic heterocycles. The van der Waals surface area contributed by atoms with E-state index in [0.29, 0.717) is 22.0 Å². The molecule has 1 aliphatic rings. The van der Waals surface area contributed by atoms with Gasteiger partial charge in [0.1, 0.15) is 0 Å². The Labute approximate surface area is 189 Å². The number of nitrogens with zero attached hydrogens (tertiary/aromatic N) is 3. The van der Waals surface area contributed by atoms with Crippen molar-refractivity contribution in [1.29, 1.82) is 0 Å². The van der Waals surface area contributed by atoms with Crippen LogP contribution in [-0.2, 0) is 19.1 Å². The van der Waals surface area contributed by atoms with Gasteiger partial charge in [-0.1, -0.05) is 35.3 Å². The van der Waals surface area contributed by atoms with E-state index >= 15 is 0 Å². The van der Waals surface area contributed by atoms with Crippen LogP contribution >= 0.6 is 23.2 Å². The zero-order valence-corrected chi connectivity index (χ0v) is 18.9. The van der Waals surface area contributed by atoms with E-state index in [1.165, 1.54) is 13.3 Å². The molecule has 164 valence electrons. The maximum Gasteiger partial charge on any atom is 0.347 e. The van der Waals surface area contributed by atoms with Gasteiger partial charge < -0.3 is 13.9 Å². The van der Waals surface area contributed by atoms with Crippen molar-refractivity contribution < 1.29 is 23.5 Å². The average Bonchev–Trinajstić information content (AvgIpc) is 3.23. The van der Waals surface area contributed by atoms with Crippen molar-refractivity contribution in [1.82, 2.24) is 10.2 Å². The number of carbonyl (C=O) groups is 2. The first-order valence-electron chi connectivity index (χ1n) is 9.59. The molecule has 1 aromatic carbocycles. The molecule has 0 bridgehead atoms. The van der Waals surface area contributed by atoms with E-state index < -0.39 is 29.9 Å². The highest BCUT2D eigenvalue weighted by Gasteiger charge is 2.42. The molecule has 0 aliphatic carbocycles. The number of allylic oxidation sites excluding steroid dienone is 1. The summed E-state index contributed by atoms with van der Waals surface area (Å²) in [5.74, 6) is -2.36. The van der Waals surface area contributed by atoms with Crippen LogP contribution in [0.2, 0.25) is 10.0 Å². The van der Waals surface area contributed by atoms with Gasteiger partial charge in [0, 0.05) is 17.3 Å². The lowest BCUT2D eigenvalue weighted by Crippen LogP contribution is -2.33. The Bertz CT molecular complexity index is 1050. The standard InChI is InChI=1S/C21H21Cl2N3O5/c1-5-29-20(27)12(4)31-21(28)16-11(3)25-10(2)15(19-26-24-9-30-19)17(16)13-7-6-8-14(22)18(13)23/h6-9,12,15,17H,5H2,1-4H3. The minimum absolute atomic E-state index is 0.173. The fourth-order valence-corrected chi connectivity index (χ4v) is 3.99. The maximum absolute atomic E-state index is 13.2. The Kier molecular flexibility index (Phi) is 7.12. The van der Waals surface area contributed by atoms with Gasteiger partial charge in [-0.25, -0.2) is 9.59 Å². The minimum Gasteiger partial charge on any atom is -0.463 e. The predicted octanol–water partition coefficient (Wildman–Crippen LogP) is 4.49. The fraction of sp³-hybridized carbons (Fsp3) is 0.381. The molecule has 8 nitrogen and oxygen atoms in total. The Hall–Kier alpha value is -2.71. The summed E-state index contributed by atoms with van der Waals surface area (Å²) in [7, 11) is 0. The molecule has 10 heteroatoms. The Morgan fingerprint density at radius 1 is 1.23 bits per heavy atom. The molecule has 31 heavy (non-hydrogen) atoms. The molecule has 0 saturated carbocycles. The van der Waals surface area contributed by atoms with Crippen molar-refractivity contribution in [3.05, 3.63) is 57.4 Å². The van der Waals surface area contributed by atoms with Gasteiger partial charge in [-0.15, -0.1) is 10.2 Å². The van der Waals surface area contributed by atoms with Gasteiger partial charge in [0.15, 0.2) is 6.10 Å². The van der Waals surface area contributed by atoms with Crippen molar-refractivity contribution in [3.8, 4) is 0 Å². The summed E-state index contributed by atoms with van der Waals surface area (Å²) in [6.45, 7) is 6.77. The number of aliphatic imine (C=N–C) groups is 1. The van der Waals surface area contributed by atoms with Crippen LogP contribution in [0.25, 0.3) is 0 Å². The molecule has 0 saturated heterocycles. The van der Waals surface area contributed by atoms with Crippen molar-refractivity contribution in [2.75, 3.05) is 6.61 Å². The first-order chi connectivity index (χ1) is 14.8. The van der Waals surface area contributed by atoms with Crippen molar-refractivity contribution in [3.63, 3.8) is 0 Å². The number of esters is 2. The van der Waals surface area contributed by atoms with Crippen LogP contribution in [-0.4, -0.2) is 40.6 Å². The van der Waals surface area contributed by atoms with Gasteiger partial charge in [0.05, 0.1) is 28.1 Å². The Morgan fingerprint density at radius 3 is 2.61 bits per heavy atom. The van der Waals surface area contributed by atoms with Crippen molar-refractivity contribution in [2.45, 2.75) is 45.6 Å². The number of hydrogen-bond acceptors (Lipinski definition) is 8. The Morgan fingerprint density at radius 2 is 1.97 bits per heavy atom. The normalized spacial score (nSPS) is 19.6. The zero-order chi connectivity index (χ0) is 22.7. The maximum atomic E-state index is 13.2. The van der Waals surface area contributed by atoms with E-state index in [0.717, 1.165) is 0 Å². The van der Waals surface area contributed by atoms with E-state index in [2.05, 4.69) is 15.2 Å². The SMILES string of the molecule is CCOC(=O)C(C)OC(=O)C1=C(C)N=C(C)C(c2nnco2)C1c1cccc(Cl)c1Cl. The lowest BCUT2D eigenvalue weighted by Gasteiger charge is -2.32. The summed E-state index contributed by atoms with van der Waals surface area (Å²) in [5.41, 5.74) is 1.86. The highest BCUT2D eigenvalue weighted by atomic mass is 35.5. The molecule has 3 unspecified atom stereocenters. The molecule has 2 heterocycles. The second-order valence-corrected chi connectivity index (χ2v) is 7.71. The highest BCUT2D eigenvalue weighted by Crippen LogP contribution is 2.47. The molecule has 0 N–H and O–H groups in total. The highest BCUT2D eigenvalue weighted by molar-refractivity contribution is 6.42. The molecule has 0 fully saturated rings. The monoisotopic (exact) mass is 465 g/mol. The minimum atomic E-state index is -1.10. The summed E-state index contributed by atoms with van der Waals surface area (Å²) >= 11 is 12.8. The van der Waals surface area contributed by atoms with Crippen LogP contribution < -0.4 is 0 Å². The second-order valence-electron chi connectivity index (χ2n) is 6.93. The smallest absolute Gasteiger partial charge is 0.347 e. The first-order valence-corrected chi connectivity index (χ1v) is 10.3. The van der Waals surface area contributed by atoms with Crippen LogP contribution in [0, 0.1) is 0 Å². The number of aromatic nitrogens is 2. The van der Waals surface area contributed by atoms with Gasteiger partial charge in [-0.2, -0.15) is 0 Å². The summed E-state index contributed by atoms with van der Waals surface area (Å²) in [5, 5.41) is 8.39. The van der Waals surface area contributed by atoms with Gasteiger partial charge in [0.2, 0.25) is 12.3 Å². The molecular weight excluding hydrogens is 445 g/mol. The third-order valence-electron chi connectivity index (χ3n) is 4.91. The van der Waals surface area contributed by atoms with Crippen LogP contribution in [0.1, 0.15) is 51.0 Å². The van der Waals surface area contributed by atoms with E-state index in [4.69, 9.17) is 37.1 Å². The summed E-state index contributed by atoms with van der Waals surface area (Å²) < 4.78 is 15.8. The fourth-order valence-electron chi connectivity index (χ4n) is 3.57. The summed E-state index contributed by atoms with van der Waals surface area (Å²) in [6, 6.07) is 5.14. The van der Waals surface area contributed by atoms with Crippen molar-refractivity contribution in [2.24, 2.45) is 4.99 Å².